The average Bonchev–Trinajstić information content (AvgIpc) is 2.84. The van der Waals surface area contributed by atoms with E-state index in [4.69, 9.17) is 4.52 Å². The summed E-state index contributed by atoms with van der Waals surface area (Å²) in [5.41, 5.74) is 0.815. The van der Waals surface area contributed by atoms with Crippen LogP contribution < -0.4 is 5.32 Å². The summed E-state index contributed by atoms with van der Waals surface area (Å²) in [6.07, 6.45) is 0.548. The third kappa shape index (κ3) is 2.46. The summed E-state index contributed by atoms with van der Waals surface area (Å²) >= 11 is 0. The van der Waals surface area contributed by atoms with Gasteiger partial charge in [-0.1, -0.05) is 23.4 Å². The smallest absolute Gasteiger partial charge is 0.240 e. The van der Waals surface area contributed by atoms with Crippen LogP contribution >= 0.6 is 0 Å². The minimum atomic E-state index is -3.15. The van der Waals surface area contributed by atoms with Gasteiger partial charge in [0.1, 0.15) is 0 Å². The second-order valence-corrected chi connectivity index (χ2v) is 6.89. The van der Waals surface area contributed by atoms with Crippen molar-refractivity contribution in [3.8, 4) is 0 Å². The lowest BCUT2D eigenvalue weighted by atomic mass is 10.0. The molecular formula is C13H15N3O3S. The van der Waals surface area contributed by atoms with Crippen molar-refractivity contribution in [1.29, 1.82) is 0 Å². The number of fused-ring (bicyclic) bond motifs is 1. The van der Waals surface area contributed by atoms with Crippen molar-refractivity contribution in [2.24, 2.45) is 0 Å². The normalized spacial score (nSPS) is 20.6. The van der Waals surface area contributed by atoms with Gasteiger partial charge in [-0.05, 0) is 25.0 Å². The number of hydrogen-bond acceptors (Lipinski definition) is 6. The van der Waals surface area contributed by atoms with E-state index >= 15 is 0 Å². The van der Waals surface area contributed by atoms with E-state index in [0.29, 0.717) is 29.6 Å². The van der Waals surface area contributed by atoms with Crippen LogP contribution in [0.15, 0.2) is 33.7 Å². The lowest BCUT2D eigenvalue weighted by Crippen LogP contribution is -2.29. The van der Waals surface area contributed by atoms with Crippen LogP contribution in [0, 0.1) is 6.92 Å². The number of nitrogens with one attached hydrogen (secondary N) is 1. The molecule has 0 fully saturated rings. The van der Waals surface area contributed by atoms with Crippen LogP contribution in [0.5, 0.6) is 0 Å². The number of benzene rings is 1. The maximum atomic E-state index is 12.0. The summed E-state index contributed by atoms with van der Waals surface area (Å²) in [5.74, 6) is 1.26. The zero-order valence-electron chi connectivity index (χ0n) is 11.0. The Balaban J connectivity index is 1.82. The highest BCUT2D eigenvalue weighted by Crippen LogP contribution is 2.31. The number of nitrogens with zero attached hydrogens (tertiary/aromatic N) is 2. The summed E-state index contributed by atoms with van der Waals surface area (Å²) in [5, 5.41) is 7.01. The molecule has 0 amide bonds. The van der Waals surface area contributed by atoms with E-state index < -0.39 is 9.84 Å². The molecule has 6 nitrogen and oxygen atoms in total. The van der Waals surface area contributed by atoms with E-state index in [2.05, 4.69) is 15.5 Å². The Morgan fingerprint density at radius 3 is 2.95 bits per heavy atom. The fourth-order valence-corrected chi connectivity index (χ4v) is 4.05. The molecule has 7 heteroatoms. The fraction of sp³-hybridized carbons (Fsp3) is 0.385. The largest absolute Gasteiger partial charge is 0.338 e. The predicted octanol–water partition coefficient (Wildman–Crippen LogP) is 1.39. The van der Waals surface area contributed by atoms with Gasteiger partial charge in [-0.15, -0.1) is 0 Å². The van der Waals surface area contributed by atoms with Gasteiger partial charge in [0.15, 0.2) is 15.7 Å². The second-order valence-electron chi connectivity index (χ2n) is 4.81. The van der Waals surface area contributed by atoms with Gasteiger partial charge in [-0.25, -0.2) is 8.42 Å². The van der Waals surface area contributed by atoms with Gasteiger partial charge in [0.25, 0.3) is 0 Å². The van der Waals surface area contributed by atoms with Gasteiger partial charge in [0, 0.05) is 6.04 Å². The van der Waals surface area contributed by atoms with E-state index in [-0.39, 0.29) is 11.8 Å². The van der Waals surface area contributed by atoms with Crippen molar-refractivity contribution < 1.29 is 12.9 Å². The summed E-state index contributed by atoms with van der Waals surface area (Å²) < 4.78 is 29.1. The predicted molar refractivity (Wildman–Crippen MR) is 71.7 cm³/mol. The number of aryl methyl sites for hydroxylation is 1. The maximum Gasteiger partial charge on any atom is 0.240 e. The molecule has 1 atom stereocenters. The first-order chi connectivity index (χ1) is 9.56. The number of sulfone groups is 1. The molecule has 106 valence electrons. The van der Waals surface area contributed by atoms with Crippen molar-refractivity contribution in [1.82, 2.24) is 15.5 Å². The zero-order chi connectivity index (χ0) is 14.2. The lowest BCUT2D eigenvalue weighted by Gasteiger charge is -2.25. The second kappa shape index (κ2) is 4.99. The highest BCUT2D eigenvalue weighted by atomic mass is 32.2. The fourth-order valence-electron chi connectivity index (χ4n) is 2.42. The Bertz CT molecular complexity index is 724. The zero-order valence-corrected chi connectivity index (χ0v) is 11.9. The molecule has 0 bridgehead atoms. The topological polar surface area (TPSA) is 85.1 Å². The summed E-state index contributed by atoms with van der Waals surface area (Å²) in [6.45, 7) is 2.19. The van der Waals surface area contributed by atoms with Crippen LogP contribution in [0.1, 0.15) is 29.7 Å². The summed E-state index contributed by atoms with van der Waals surface area (Å²) in [6, 6.07) is 7.10. The first kappa shape index (κ1) is 13.3. The van der Waals surface area contributed by atoms with Gasteiger partial charge in [-0.2, -0.15) is 4.98 Å². The molecule has 1 aromatic heterocycles. The SMILES string of the molecule is Cc1noc(CNC2CCS(=O)(=O)c3ccccc32)n1. The maximum absolute atomic E-state index is 12.0. The molecule has 2 heterocycles. The van der Waals surface area contributed by atoms with E-state index in [9.17, 15) is 8.42 Å². The van der Waals surface area contributed by atoms with Crippen molar-refractivity contribution >= 4 is 9.84 Å². The van der Waals surface area contributed by atoms with Gasteiger partial charge >= 0.3 is 0 Å². The van der Waals surface area contributed by atoms with Gasteiger partial charge in [-0.3, -0.25) is 0 Å². The van der Waals surface area contributed by atoms with Crippen LogP contribution in [0.4, 0.5) is 0 Å². The molecule has 20 heavy (non-hydrogen) atoms. The Kier molecular flexibility index (Phi) is 3.31. The monoisotopic (exact) mass is 293 g/mol. The number of hydrogen-bond donors (Lipinski definition) is 1. The molecule has 0 spiro atoms. The van der Waals surface area contributed by atoms with E-state index in [1.165, 1.54) is 0 Å². The van der Waals surface area contributed by atoms with Crippen LogP contribution in [-0.2, 0) is 16.4 Å². The van der Waals surface area contributed by atoms with Crippen LogP contribution in [0.2, 0.25) is 0 Å². The molecule has 1 unspecified atom stereocenters. The van der Waals surface area contributed by atoms with Gasteiger partial charge in [0.05, 0.1) is 17.2 Å². The summed E-state index contributed by atoms with van der Waals surface area (Å²) in [7, 11) is -3.15. The standard InChI is InChI=1S/C13H15N3O3S/c1-9-15-13(19-16-9)8-14-11-6-7-20(17,18)12-5-3-2-4-10(11)12/h2-5,11,14H,6-8H2,1H3. The Labute approximate surface area is 117 Å². The molecule has 2 aromatic rings. The van der Waals surface area contributed by atoms with Crippen LogP contribution in [0.3, 0.4) is 0 Å². The molecule has 3 rings (SSSR count). The molecule has 0 radical (unpaired) electrons. The van der Waals surface area contributed by atoms with Crippen molar-refractivity contribution in [2.75, 3.05) is 5.75 Å². The Morgan fingerprint density at radius 1 is 1.40 bits per heavy atom. The lowest BCUT2D eigenvalue weighted by molar-refractivity contribution is 0.352. The molecule has 1 aromatic carbocycles. The number of aromatic nitrogens is 2. The third-order valence-corrected chi connectivity index (χ3v) is 5.19. The minimum absolute atomic E-state index is 0.0121. The summed E-state index contributed by atoms with van der Waals surface area (Å²) in [4.78, 5) is 4.54. The quantitative estimate of drug-likeness (QED) is 0.920. The molecule has 0 saturated heterocycles. The Hall–Kier alpha value is -1.73. The molecule has 1 N–H and O–H groups in total. The highest BCUT2D eigenvalue weighted by molar-refractivity contribution is 7.91. The van der Waals surface area contributed by atoms with E-state index in [1.807, 2.05) is 12.1 Å². The molecule has 0 saturated carbocycles. The van der Waals surface area contributed by atoms with Gasteiger partial charge in [0.2, 0.25) is 5.89 Å². The average molecular weight is 293 g/mol. The molecular weight excluding hydrogens is 278 g/mol. The van der Waals surface area contributed by atoms with Crippen molar-refractivity contribution in [3.63, 3.8) is 0 Å². The molecule has 1 aliphatic rings. The van der Waals surface area contributed by atoms with Crippen LogP contribution in [0.25, 0.3) is 0 Å². The molecule has 0 aliphatic carbocycles. The first-order valence-corrected chi connectivity index (χ1v) is 8.06. The van der Waals surface area contributed by atoms with Gasteiger partial charge < -0.3 is 9.84 Å². The molecule has 1 aliphatic heterocycles. The van der Waals surface area contributed by atoms with E-state index in [1.54, 1.807) is 19.1 Å². The van der Waals surface area contributed by atoms with Crippen molar-refractivity contribution in [3.05, 3.63) is 41.5 Å². The van der Waals surface area contributed by atoms with Crippen LogP contribution in [-0.4, -0.2) is 24.3 Å². The van der Waals surface area contributed by atoms with Crippen molar-refractivity contribution in [2.45, 2.75) is 30.8 Å². The minimum Gasteiger partial charge on any atom is -0.338 e. The highest BCUT2D eigenvalue weighted by Gasteiger charge is 2.29. The third-order valence-electron chi connectivity index (χ3n) is 3.37. The first-order valence-electron chi connectivity index (χ1n) is 6.40. The Morgan fingerprint density at radius 2 is 2.20 bits per heavy atom. The number of rotatable bonds is 3. The van der Waals surface area contributed by atoms with E-state index in [0.717, 1.165) is 5.56 Å².